The van der Waals surface area contributed by atoms with Crippen LogP contribution < -0.4 is 5.32 Å². The maximum Gasteiger partial charge on any atom is 0.243 e. The Balaban J connectivity index is 0.00000261. The van der Waals surface area contributed by atoms with Gasteiger partial charge in [0.1, 0.15) is 5.82 Å². The molecule has 6 nitrogen and oxygen atoms in total. The second-order valence-corrected chi connectivity index (χ2v) is 9.09. The third kappa shape index (κ3) is 4.99. The van der Waals surface area contributed by atoms with Crippen LogP contribution in [0.25, 0.3) is 0 Å². The molecule has 27 heavy (non-hydrogen) atoms. The highest BCUT2D eigenvalue weighted by atomic mass is 35.5. The van der Waals surface area contributed by atoms with Crippen molar-refractivity contribution in [1.82, 2.24) is 14.5 Å². The summed E-state index contributed by atoms with van der Waals surface area (Å²) in [4.78, 5) is 14.8. The molecule has 2 aliphatic heterocycles. The molecule has 0 bridgehead atoms. The summed E-state index contributed by atoms with van der Waals surface area (Å²) in [6, 6.07) is 4.84. The van der Waals surface area contributed by atoms with Gasteiger partial charge < -0.3 is 10.2 Å². The van der Waals surface area contributed by atoms with Crippen LogP contribution in [0.15, 0.2) is 29.2 Å². The van der Waals surface area contributed by atoms with Gasteiger partial charge in [0.2, 0.25) is 15.9 Å². The fraction of sp³-hybridized carbons (Fsp3) is 0.611. The van der Waals surface area contributed by atoms with Crippen LogP contribution in [0.5, 0.6) is 0 Å². The van der Waals surface area contributed by atoms with E-state index in [9.17, 15) is 17.6 Å². The smallest absolute Gasteiger partial charge is 0.243 e. The van der Waals surface area contributed by atoms with E-state index in [4.69, 9.17) is 0 Å². The van der Waals surface area contributed by atoms with Gasteiger partial charge in [-0.15, -0.1) is 12.4 Å². The molecule has 3 rings (SSSR count). The first-order valence-electron chi connectivity index (χ1n) is 9.11. The number of carbonyl (C=O) groups is 1. The average molecular weight is 420 g/mol. The molecule has 2 fully saturated rings. The maximum atomic E-state index is 13.1. The second kappa shape index (κ2) is 9.32. The standard InChI is InChI=1S/C18H26FN3O3S.ClH/c1-20-11-14-8-10-21(12-14)18(23)15-3-2-9-22(13-15)26(24,25)17-6-4-16(19)5-7-17;/h4-7,14-15,20H,2-3,8-13H2,1H3;1H. The van der Waals surface area contributed by atoms with Gasteiger partial charge in [0.05, 0.1) is 10.8 Å². The van der Waals surface area contributed by atoms with E-state index in [-0.39, 0.29) is 35.7 Å². The topological polar surface area (TPSA) is 69.7 Å². The minimum Gasteiger partial charge on any atom is -0.342 e. The van der Waals surface area contributed by atoms with E-state index in [0.29, 0.717) is 25.3 Å². The lowest BCUT2D eigenvalue weighted by Crippen LogP contribution is -2.46. The molecule has 0 radical (unpaired) electrons. The Bertz CT molecular complexity index is 745. The number of nitrogens with zero attached hydrogens (tertiary/aromatic N) is 2. The Morgan fingerprint density at radius 2 is 1.89 bits per heavy atom. The highest BCUT2D eigenvalue weighted by molar-refractivity contribution is 7.89. The summed E-state index contributed by atoms with van der Waals surface area (Å²) in [5.41, 5.74) is 0. The third-order valence-electron chi connectivity index (χ3n) is 5.28. The number of hydrogen-bond donors (Lipinski definition) is 1. The third-order valence-corrected chi connectivity index (χ3v) is 7.15. The fourth-order valence-electron chi connectivity index (χ4n) is 3.86. The Labute approximate surface area is 166 Å². The van der Waals surface area contributed by atoms with Gasteiger partial charge in [-0.25, -0.2) is 12.8 Å². The Kier molecular flexibility index (Phi) is 7.62. The SMILES string of the molecule is CNCC1CCN(C(=O)C2CCCN(S(=O)(=O)c3ccc(F)cc3)C2)C1.Cl. The summed E-state index contributed by atoms with van der Waals surface area (Å²) in [7, 11) is -1.80. The van der Waals surface area contributed by atoms with E-state index in [1.54, 1.807) is 0 Å². The van der Waals surface area contributed by atoms with Crippen LogP contribution in [-0.4, -0.2) is 63.3 Å². The predicted octanol–water partition coefficient (Wildman–Crippen LogP) is 1.72. The number of hydrogen-bond acceptors (Lipinski definition) is 4. The summed E-state index contributed by atoms with van der Waals surface area (Å²) in [6.45, 7) is 2.96. The number of amides is 1. The lowest BCUT2D eigenvalue weighted by molar-refractivity contribution is -0.135. The van der Waals surface area contributed by atoms with Crippen LogP contribution in [0.1, 0.15) is 19.3 Å². The zero-order valence-corrected chi connectivity index (χ0v) is 17.1. The van der Waals surface area contributed by atoms with Crippen LogP contribution in [0.2, 0.25) is 0 Å². The molecule has 1 N–H and O–H groups in total. The minimum atomic E-state index is -3.70. The van der Waals surface area contributed by atoms with Crippen molar-refractivity contribution >= 4 is 28.3 Å². The van der Waals surface area contributed by atoms with E-state index >= 15 is 0 Å². The molecule has 0 spiro atoms. The van der Waals surface area contributed by atoms with Gasteiger partial charge in [0, 0.05) is 26.2 Å². The van der Waals surface area contributed by atoms with Crippen molar-refractivity contribution in [1.29, 1.82) is 0 Å². The van der Waals surface area contributed by atoms with Crippen molar-refractivity contribution < 1.29 is 17.6 Å². The molecule has 2 heterocycles. The van der Waals surface area contributed by atoms with E-state index in [1.165, 1.54) is 16.4 Å². The molecule has 1 amide bonds. The minimum absolute atomic E-state index is 0. The number of likely N-dealkylation sites (tertiary alicyclic amines) is 1. The van der Waals surface area contributed by atoms with Crippen LogP contribution in [0, 0.1) is 17.7 Å². The number of halogens is 2. The first-order chi connectivity index (χ1) is 12.4. The van der Waals surface area contributed by atoms with Crippen molar-refractivity contribution in [3.8, 4) is 0 Å². The summed E-state index contributed by atoms with van der Waals surface area (Å²) in [5.74, 6) is -0.248. The van der Waals surface area contributed by atoms with Crippen molar-refractivity contribution in [2.75, 3.05) is 39.8 Å². The lowest BCUT2D eigenvalue weighted by atomic mass is 9.98. The highest BCUT2D eigenvalue weighted by Gasteiger charge is 2.36. The normalized spacial score (nSPS) is 23.9. The van der Waals surface area contributed by atoms with Crippen molar-refractivity contribution in [2.24, 2.45) is 11.8 Å². The van der Waals surface area contributed by atoms with Crippen molar-refractivity contribution in [3.63, 3.8) is 0 Å². The van der Waals surface area contributed by atoms with E-state index in [1.807, 2.05) is 11.9 Å². The Hall–Kier alpha value is -1.22. The monoisotopic (exact) mass is 419 g/mol. The van der Waals surface area contributed by atoms with Gasteiger partial charge in [-0.2, -0.15) is 4.31 Å². The first-order valence-corrected chi connectivity index (χ1v) is 10.5. The van der Waals surface area contributed by atoms with Gasteiger partial charge in [0.15, 0.2) is 0 Å². The largest absolute Gasteiger partial charge is 0.342 e. The summed E-state index contributed by atoms with van der Waals surface area (Å²) >= 11 is 0. The van der Waals surface area contributed by atoms with Gasteiger partial charge in [-0.1, -0.05) is 0 Å². The lowest BCUT2D eigenvalue weighted by Gasteiger charge is -2.33. The first kappa shape index (κ1) is 22.1. The Morgan fingerprint density at radius 1 is 1.19 bits per heavy atom. The summed E-state index contributed by atoms with van der Waals surface area (Å²) < 4.78 is 40.0. The highest BCUT2D eigenvalue weighted by Crippen LogP contribution is 2.27. The maximum absolute atomic E-state index is 13.1. The number of sulfonamides is 1. The molecule has 1 aromatic carbocycles. The molecule has 0 saturated carbocycles. The van der Waals surface area contributed by atoms with Crippen LogP contribution in [0.3, 0.4) is 0 Å². The average Bonchev–Trinajstić information content (AvgIpc) is 3.10. The van der Waals surface area contributed by atoms with E-state index in [2.05, 4.69) is 5.32 Å². The molecule has 1 aromatic rings. The molecule has 2 atom stereocenters. The van der Waals surface area contributed by atoms with Gasteiger partial charge in [-0.05, 0) is 63.0 Å². The second-order valence-electron chi connectivity index (χ2n) is 7.15. The number of benzene rings is 1. The van der Waals surface area contributed by atoms with Gasteiger partial charge >= 0.3 is 0 Å². The summed E-state index contributed by atoms with van der Waals surface area (Å²) in [5, 5.41) is 3.15. The van der Waals surface area contributed by atoms with Crippen LogP contribution in [-0.2, 0) is 14.8 Å². The summed E-state index contributed by atoms with van der Waals surface area (Å²) in [6.07, 6.45) is 2.35. The molecule has 0 aromatic heterocycles. The van der Waals surface area contributed by atoms with Gasteiger partial charge in [-0.3, -0.25) is 4.79 Å². The molecule has 2 unspecified atom stereocenters. The molecular formula is C18H27ClFN3O3S. The number of nitrogens with one attached hydrogen (secondary N) is 1. The van der Waals surface area contributed by atoms with Gasteiger partial charge in [0.25, 0.3) is 0 Å². The molecule has 152 valence electrons. The van der Waals surface area contributed by atoms with E-state index in [0.717, 1.165) is 38.2 Å². The molecular weight excluding hydrogens is 393 g/mol. The number of carbonyl (C=O) groups excluding carboxylic acids is 1. The van der Waals surface area contributed by atoms with Crippen LogP contribution >= 0.6 is 12.4 Å². The zero-order valence-electron chi connectivity index (χ0n) is 15.4. The molecule has 2 saturated heterocycles. The van der Waals surface area contributed by atoms with Crippen molar-refractivity contribution in [2.45, 2.75) is 24.2 Å². The predicted molar refractivity (Wildman–Crippen MR) is 104 cm³/mol. The fourth-order valence-corrected chi connectivity index (χ4v) is 5.39. The van der Waals surface area contributed by atoms with Crippen LogP contribution in [0.4, 0.5) is 4.39 Å². The number of piperidine rings is 1. The zero-order chi connectivity index (χ0) is 18.7. The molecule has 0 aliphatic carbocycles. The van der Waals surface area contributed by atoms with E-state index < -0.39 is 15.8 Å². The number of rotatable bonds is 5. The van der Waals surface area contributed by atoms with Crippen molar-refractivity contribution in [3.05, 3.63) is 30.1 Å². The molecule has 9 heteroatoms. The molecule has 2 aliphatic rings. The quantitative estimate of drug-likeness (QED) is 0.788. The Morgan fingerprint density at radius 3 is 2.56 bits per heavy atom.